The minimum Gasteiger partial charge on any atom is -0.331 e. The van der Waals surface area contributed by atoms with E-state index in [9.17, 15) is 9.18 Å². The van der Waals surface area contributed by atoms with E-state index in [1.165, 1.54) is 12.1 Å². The number of H-pyrrole nitrogens is 1. The van der Waals surface area contributed by atoms with Gasteiger partial charge in [0.05, 0.1) is 17.5 Å². The first-order valence-electron chi connectivity index (χ1n) is 8.07. The number of carbonyl (C=O) groups is 1. The van der Waals surface area contributed by atoms with Crippen LogP contribution >= 0.6 is 12.4 Å². The fraction of sp³-hybridized carbons (Fsp3) is 0.412. The van der Waals surface area contributed by atoms with Crippen molar-refractivity contribution in [3.8, 4) is 11.3 Å². The molecule has 128 valence electrons. The van der Waals surface area contributed by atoms with Crippen LogP contribution in [0.25, 0.3) is 11.3 Å². The van der Waals surface area contributed by atoms with E-state index >= 15 is 0 Å². The van der Waals surface area contributed by atoms with Crippen molar-refractivity contribution in [1.29, 1.82) is 0 Å². The van der Waals surface area contributed by atoms with Crippen LogP contribution in [0.15, 0.2) is 30.5 Å². The van der Waals surface area contributed by atoms with E-state index in [0.717, 1.165) is 37.9 Å². The summed E-state index contributed by atoms with van der Waals surface area (Å²) in [7, 11) is 0. The van der Waals surface area contributed by atoms with Crippen LogP contribution in [0.3, 0.4) is 0 Å². The van der Waals surface area contributed by atoms with Gasteiger partial charge in [0.2, 0.25) is 0 Å². The smallest absolute Gasteiger partial charge is 0.258 e. The Balaban J connectivity index is 0.00000169. The molecule has 2 N–H and O–H groups in total. The van der Waals surface area contributed by atoms with Crippen LogP contribution in [0.1, 0.15) is 29.6 Å². The third kappa shape index (κ3) is 2.91. The van der Waals surface area contributed by atoms with Crippen molar-refractivity contribution in [2.75, 3.05) is 13.1 Å². The Morgan fingerprint density at radius 2 is 1.92 bits per heavy atom. The van der Waals surface area contributed by atoms with Crippen molar-refractivity contribution < 1.29 is 9.18 Å². The molecular formula is C17H20ClFN4O. The third-order valence-corrected chi connectivity index (χ3v) is 4.89. The van der Waals surface area contributed by atoms with Gasteiger partial charge in [-0.2, -0.15) is 5.10 Å². The molecule has 2 unspecified atom stereocenters. The topological polar surface area (TPSA) is 61.0 Å². The van der Waals surface area contributed by atoms with Crippen molar-refractivity contribution in [2.24, 2.45) is 0 Å². The highest BCUT2D eigenvalue weighted by Gasteiger charge is 2.39. The summed E-state index contributed by atoms with van der Waals surface area (Å²) in [6.45, 7) is 1.81. The molecule has 24 heavy (non-hydrogen) atoms. The van der Waals surface area contributed by atoms with E-state index in [4.69, 9.17) is 0 Å². The minimum absolute atomic E-state index is 0. The fourth-order valence-corrected chi connectivity index (χ4v) is 3.74. The number of nitrogens with zero attached hydrogens (tertiary/aromatic N) is 2. The maximum atomic E-state index is 13.1. The summed E-state index contributed by atoms with van der Waals surface area (Å²) in [6.07, 6.45) is 4.69. The Labute approximate surface area is 146 Å². The molecule has 0 aliphatic carbocycles. The van der Waals surface area contributed by atoms with Crippen molar-refractivity contribution in [3.05, 3.63) is 41.8 Å². The van der Waals surface area contributed by atoms with Crippen molar-refractivity contribution in [1.82, 2.24) is 20.4 Å². The number of fused-ring (bicyclic) bond motifs is 2. The van der Waals surface area contributed by atoms with Crippen LogP contribution < -0.4 is 5.32 Å². The van der Waals surface area contributed by atoms with Crippen molar-refractivity contribution >= 4 is 18.3 Å². The lowest BCUT2D eigenvalue weighted by molar-refractivity contribution is 0.0681. The van der Waals surface area contributed by atoms with E-state index < -0.39 is 0 Å². The first-order chi connectivity index (χ1) is 11.2. The zero-order chi connectivity index (χ0) is 15.8. The lowest BCUT2D eigenvalue weighted by atomic mass is 10.1. The number of aromatic amines is 1. The van der Waals surface area contributed by atoms with Gasteiger partial charge in [0, 0.05) is 24.2 Å². The zero-order valence-electron chi connectivity index (χ0n) is 13.2. The molecule has 1 aromatic heterocycles. The number of nitrogens with one attached hydrogen (secondary N) is 2. The Morgan fingerprint density at radius 3 is 2.71 bits per heavy atom. The second kappa shape index (κ2) is 6.91. The molecule has 0 spiro atoms. The quantitative estimate of drug-likeness (QED) is 0.875. The van der Waals surface area contributed by atoms with Gasteiger partial charge >= 0.3 is 0 Å². The molecule has 2 saturated heterocycles. The Hall–Kier alpha value is -1.92. The summed E-state index contributed by atoms with van der Waals surface area (Å²) in [6, 6.07) is 6.68. The highest BCUT2D eigenvalue weighted by Crippen LogP contribution is 2.31. The lowest BCUT2D eigenvalue weighted by Gasteiger charge is -2.27. The monoisotopic (exact) mass is 350 g/mol. The molecular weight excluding hydrogens is 331 g/mol. The van der Waals surface area contributed by atoms with Crippen LogP contribution in [0, 0.1) is 5.82 Å². The van der Waals surface area contributed by atoms with Crippen LogP contribution in [0.2, 0.25) is 0 Å². The molecule has 3 heterocycles. The predicted octanol–water partition coefficient (Wildman–Crippen LogP) is 2.60. The van der Waals surface area contributed by atoms with E-state index in [1.807, 2.05) is 4.90 Å². The summed E-state index contributed by atoms with van der Waals surface area (Å²) in [5.41, 5.74) is 1.99. The molecule has 2 bridgehead atoms. The number of hydrogen-bond acceptors (Lipinski definition) is 3. The normalized spacial score (nSPS) is 22.8. The standard InChI is InChI=1S/C17H19FN4O.ClH/c18-12-3-1-11(2-4-12)16-15(10-20-21-16)17(23)22-13-5-6-14(22)9-19-8-7-13;/h1-4,10,13-14,19H,5-9H2,(H,20,21);1H. The summed E-state index contributed by atoms with van der Waals surface area (Å²) in [4.78, 5) is 15.1. The minimum atomic E-state index is -0.294. The van der Waals surface area contributed by atoms with Gasteiger partial charge in [-0.05, 0) is 50.1 Å². The molecule has 0 saturated carbocycles. The molecule has 2 atom stereocenters. The highest BCUT2D eigenvalue weighted by atomic mass is 35.5. The molecule has 0 radical (unpaired) electrons. The third-order valence-electron chi connectivity index (χ3n) is 4.89. The van der Waals surface area contributed by atoms with E-state index in [-0.39, 0.29) is 30.2 Å². The fourth-order valence-electron chi connectivity index (χ4n) is 3.74. The van der Waals surface area contributed by atoms with Gasteiger partial charge < -0.3 is 10.2 Å². The molecule has 2 fully saturated rings. The molecule has 2 aliphatic heterocycles. The van der Waals surface area contributed by atoms with Gasteiger partial charge in [-0.3, -0.25) is 9.89 Å². The van der Waals surface area contributed by atoms with E-state index in [0.29, 0.717) is 17.3 Å². The first kappa shape index (κ1) is 16.9. The summed E-state index contributed by atoms with van der Waals surface area (Å²) >= 11 is 0. The van der Waals surface area contributed by atoms with E-state index in [1.54, 1.807) is 18.3 Å². The van der Waals surface area contributed by atoms with E-state index in [2.05, 4.69) is 15.5 Å². The number of rotatable bonds is 2. The van der Waals surface area contributed by atoms with Crippen LogP contribution in [0.4, 0.5) is 4.39 Å². The van der Waals surface area contributed by atoms with Crippen molar-refractivity contribution in [2.45, 2.75) is 31.3 Å². The first-order valence-corrected chi connectivity index (χ1v) is 8.07. The second-order valence-corrected chi connectivity index (χ2v) is 6.26. The molecule has 4 rings (SSSR count). The molecule has 5 nitrogen and oxygen atoms in total. The zero-order valence-corrected chi connectivity index (χ0v) is 14.0. The SMILES string of the molecule is Cl.O=C(c1cn[nH]c1-c1ccc(F)cc1)N1C2CCNCC1CC2. The lowest BCUT2D eigenvalue weighted by Crippen LogP contribution is -2.42. The Kier molecular flexibility index (Phi) is 4.87. The Bertz CT molecular complexity index is 704. The molecule has 2 aromatic rings. The molecule has 2 aliphatic rings. The van der Waals surface area contributed by atoms with Gasteiger partial charge in [0.1, 0.15) is 5.82 Å². The number of carbonyl (C=O) groups excluding carboxylic acids is 1. The highest BCUT2D eigenvalue weighted by molar-refractivity contribution is 6.00. The largest absolute Gasteiger partial charge is 0.331 e. The summed E-state index contributed by atoms with van der Waals surface area (Å²) in [5.74, 6) is -0.271. The molecule has 1 amide bonds. The second-order valence-electron chi connectivity index (χ2n) is 6.26. The van der Waals surface area contributed by atoms with Gasteiger partial charge in [0.25, 0.3) is 5.91 Å². The Morgan fingerprint density at radius 1 is 1.17 bits per heavy atom. The number of hydrogen-bond donors (Lipinski definition) is 2. The molecule has 1 aromatic carbocycles. The maximum absolute atomic E-state index is 13.1. The summed E-state index contributed by atoms with van der Waals surface area (Å²) < 4.78 is 13.1. The van der Waals surface area contributed by atoms with Gasteiger partial charge in [-0.1, -0.05) is 0 Å². The number of amides is 1. The van der Waals surface area contributed by atoms with Crippen LogP contribution in [0.5, 0.6) is 0 Å². The molecule has 7 heteroatoms. The van der Waals surface area contributed by atoms with Crippen LogP contribution in [-0.2, 0) is 0 Å². The van der Waals surface area contributed by atoms with Gasteiger partial charge in [-0.25, -0.2) is 4.39 Å². The maximum Gasteiger partial charge on any atom is 0.258 e. The number of aromatic nitrogens is 2. The predicted molar refractivity (Wildman–Crippen MR) is 91.7 cm³/mol. The number of halogens is 2. The summed E-state index contributed by atoms with van der Waals surface area (Å²) in [5, 5.41) is 10.3. The average molecular weight is 351 g/mol. The average Bonchev–Trinajstić information content (AvgIpc) is 3.11. The number of benzene rings is 1. The van der Waals surface area contributed by atoms with Crippen LogP contribution in [-0.4, -0.2) is 46.2 Å². The van der Waals surface area contributed by atoms with Gasteiger partial charge in [0.15, 0.2) is 0 Å². The van der Waals surface area contributed by atoms with Gasteiger partial charge in [-0.15, -0.1) is 12.4 Å². The van der Waals surface area contributed by atoms with Crippen molar-refractivity contribution in [3.63, 3.8) is 0 Å².